The molecule has 0 aliphatic heterocycles. The molecule has 1 aromatic rings. The Hall–Kier alpha value is -0.900. The maximum atomic E-state index is 9.37. The van der Waals surface area contributed by atoms with Crippen molar-refractivity contribution in [2.75, 3.05) is 0 Å². The molecule has 0 bridgehead atoms. The van der Waals surface area contributed by atoms with Crippen LogP contribution in [0.1, 0.15) is 37.8 Å². The summed E-state index contributed by atoms with van der Waals surface area (Å²) in [5.41, 5.74) is 0. The molecule has 1 aromatic heterocycles. The first kappa shape index (κ1) is 11.2. The van der Waals surface area contributed by atoms with Gasteiger partial charge in [-0.05, 0) is 33.1 Å². The van der Waals surface area contributed by atoms with Gasteiger partial charge in [-0.2, -0.15) is 5.10 Å². The summed E-state index contributed by atoms with van der Waals surface area (Å²) in [7, 11) is 0. The van der Waals surface area contributed by atoms with Crippen LogP contribution in [0.4, 0.5) is 0 Å². The van der Waals surface area contributed by atoms with E-state index in [1.54, 1.807) is 0 Å². The van der Waals surface area contributed by atoms with Crippen molar-refractivity contribution in [2.45, 2.75) is 52.7 Å². The predicted octanol–water partition coefficient (Wildman–Crippen LogP) is 1.45. The van der Waals surface area contributed by atoms with Gasteiger partial charge in [0.2, 0.25) is 0 Å². The number of aliphatic hydroxyl groups is 1. The molecule has 1 unspecified atom stereocenters. The highest BCUT2D eigenvalue weighted by Crippen LogP contribution is 2.04. The smallest absolute Gasteiger partial charge is 0.147 e. The lowest BCUT2D eigenvalue weighted by Crippen LogP contribution is -2.08. The second-order valence-corrected chi connectivity index (χ2v) is 3.63. The Morgan fingerprint density at radius 2 is 2.14 bits per heavy atom. The predicted molar refractivity (Wildman–Crippen MR) is 55.0 cm³/mol. The van der Waals surface area contributed by atoms with Crippen LogP contribution in [-0.2, 0) is 6.54 Å². The zero-order chi connectivity index (χ0) is 10.6. The molecule has 1 rings (SSSR count). The summed E-state index contributed by atoms with van der Waals surface area (Å²) < 4.78 is 1.90. The van der Waals surface area contributed by atoms with E-state index in [9.17, 15) is 5.11 Å². The third kappa shape index (κ3) is 3.10. The minimum absolute atomic E-state index is 0.167. The molecule has 14 heavy (non-hydrogen) atoms. The largest absolute Gasteiger partial charge is 0.393 e. The third-order valence-corrected chi connectivity index (χ3v) is 2.34. The lowest BCUT2D eigenvalue weighted by Gasteiger charge is -2.07. The molecule has 0 aliphatic rings. The highest BCUT2D eigenvalue weighted by Gasteiger charge is 2.04. The van der Waals surface area contributed by atoms with Crippen LogP contribution < -0.4 is 0 Å². The Kier molecular flexibility index (Phi) is 4.07. The molecule has 1 atom stereocenters. The standard InChI is InChI=1S/C10H19N3O/c1-4-10(14)6-5-7-13-9(3)11-8(2)12-13/h10,14H,4-7H2,1-3H3. The van der Waals surface area contributed by atoms with E-state index >= 15 is 0 Å². The van der Waals surface area contributed by atoms with E-state index in [2.05, 4.69) is 10.1 Å². The van der Waals surface area contributed by atoms with Crippen LogP contribution >= 0.6 is 0 Å². The van der Waals surface area contributed by atoms with Crippen molar-refractivity contribution >= 4 is 0 Å². The Bertz CT molecular complexity index is 283. The Morgan fingerprint density at radius 1 is 1.43 bits per heavy atom. The molecule has 4 heteroatoms. The van der Waals surface area contributed by atoms with Crippen LogP contribution in [0.5, 0.6) is 0 Å². The number of aromatic nitrogens is 3. The maximum Gasteiger partial charge on any atom is 0.147 e. The number of aliphatic hydroxyl groups excluding tert-OH is 1. The first-order valence-electron chi connectivity index (χ1n) is 5.19. The van der Waals surface area contributed by atoms with E-state index < -0.39 is 0 Å². The highest BCUT2D eigenvalue weighted by molar-refractivity contribution is 4.87. The third-order valence-electron chi connectivity index (χ3n) is 2.34. The summed E-state index contributed by atoms with van der Waals surface area (Å²) >= 11 is 0. The minimum atomic E-state index is -0.167. The second kappa shape index (κ2) is 5.10. The van der Waals surface area contributed by atoms with E-state index in [0.717, 1.165) is 37.5 Å². The van der Waals surface area contributed by atoms with Gasteiger partial charge < -0.3 is 5.11 Å². The van der Waals surface area contributed by atoms with Gasteiger partial charge in [-0.25, -0.2) is 4.98 Å². The quantitative estimate of drug-likeness (QED) is 0.777. The topological polar surface area (TPSA) is 50.9 Å². The van der Waals surface area contributed by atoms with Crippen molar-refractivity contribution in [3.8, 4) is 0 Å². The monoisotopic (exact) mass is 197 g/mol. The van der Waals surface area contributed by atoms with E-state index in [4.69, 9.17) is 0 Å². The molecule has 0 saturated heterocycles. The number of rotatable bonds is 5. The molecular weight excluding hydrogens is 178 g/mol. The van der Waals surface area contributed by atoms with Gasteiger partial charge in [0.05, 0.1) is 6.10 Å². The molecule has 0 aliphatic carbocycles. The lowest BCUT2D eigenvalue weighted by atomic mass is 10.1. The number of hydrogen-bond donors (Lipinski definition) is 1. The number of nitrogens with zero attached hydrogens (tertiary/aromatic N) is 3. The molecule has 4 nitrogen and oxygen atoms in total. The molecule has 0 spiro atoms. The van der Waals surface area contributed by atoms with Gasteiger partial charge in [0.25, 0.3) is 0 Å². The van der Waals surface area contributed by atoms with Gasteiger partial charge in [-0.15, -0.1) is 0 Å². The van der Waals surface area contributed by atoms with Crippen molar-refractivity contribution in [3.05, 3.63) is 11.6 Å². The van der Waals surface area contributed by atoms with Gasteiger partial charge in [0.15, 0.2) is 0 Å². The van der Waals surface area contributed by atoms with Crippen LogP contribution in [0.25, 0.3) is 0 Å². The summed E-state index contributed by atoms with van der Waals surface area (Å²) in [5.74, 6) is 1.77. The van der Waals surface area contributed by atoms with E-state index in [1.807, 2.05) is 25.5 Å². The Balaban J connectivity index is 2.34. The van der Waals surface area contributed by atoms with Crippen LogP contribution in [-0.4, -0.2) is 26.0 Å². The fraction of sp³-hybridized carbons (Fsp3) is 0.800. The van der Waals surface area contributed by atoms with E-state index in [-0.39, 0.29) is 6.10 Å². The molecule has 1 N–H and O–H groups in total. The molecule has 0 aromatic carbocycles. The van der Waals surface area contributed by atoms with Crippen molar-refractivity contribution in [1.29, 1.82) is 0 Å². The molecule has 80 valence electrons. The van der Waals surface area contributed by atoms with Crippen LogP contribution in [0, 0.1) is 13.8 Å². The van der Waals surface area contributed by atoms with Crippen LogP contribution in [0.15, 0.2) is 0 Å². The molecule has 0 saturated carbocycles. The van der Waals surface area contributed by atoms with Crippen molar-refractivity contribution < 1.29 is 5.11 Å². The van der Waals surface area contributed by atoms with Gasteiger partial charge in [0.1, 0.15) is 11.6 Å². The zero-order valence-electron chi connectivity index (χ0n) is 9.19. The van der Waals surface area contributed by atoms with Crippen molar-refractivity contribution in [2.24, 2.45) is 0 Å². The molecular formula is C10H19N3O. The first-order valence-corrected chi connectivity index (χ1v) is 5.19. The molecule has 1 heterocycles. The summed E-state index contributed by atoms with van der Waals surface area (Å²) in [6, 6.07) is 0. The first-order chi connectivity index (χ1) is 6.63. The fourth-order valence-electron chi connectivity index (χ4n) is 1.45. The second-order valence-electron chi connectivity index (χ2n) is 3.63. The average molecular weight is 197 g/mol. The SMILES string of the molecule is CCC(O)CCCn1nc(C)nc1C. The summed E-state index contributed by atoms with van der Waals surface area (Å²) in [6.45, 7) is 6.69. The maximum absolute atomic E-state index is 9.37. The number of hydrogen-bond acceptors (Lipinski definition) is 3. The molecule has 0 amide bonds. The summed E-state index contributed by atoms with van der Waals surface area (Å²) in [6.07, 6.45) is 2.46. The Morgan fingerprint density at radius 3 is 2.64 bits per heavy atom. The number of aryl methyl sites for hydroxylation is 3. The van der Waals surface area contributed by atoms with Gasteiger partial charge >= 0.3 is 0 Å². The zero-order valence-corrected chi connectivity index (χ0v) is 9.19. The lowest BCUT2D eigenvalue weighted by molar-refractivity contribution is 0.155. The van der Waals surface area contributed by atoms with Crippen LogP contribution in [0.2, 0.25) is 0 Å². The minimum Gasteiger partial charge on any atom is -0.393 e. The van der Waals surface area contributed by atoms with Gasteiger partial charge in [-0.1, -0.05) is 6.92 Å². The van der Waals surface area contributed by atoms with Crippen molar-refractivity contribution in [1.82, 2.24) is 14.8 Å². The highest BCUT2D eigenvalue weighted by atomic mass is 16.3. The van der Waals surface area contributed by atoms with Crippen molar-refractivity contribution in [3.63, 3.8) is 0 Å². The van der Waals surface area contributed by atoms with E-state index in [0.29, 0.717) is 0 Å². The molecule has 0 fully saturated rings. The van der Waals surface area contributed by atoms with Gasteiger partial charge in [-0.3, -0.25) is 4.68 Å². The summed E-state index contributed by atoms with van der Waals surface area (Å²) in [4.78, 5) is 4.22. The Labute approximate surface area is 85.0 Å². The summed E-state index contributed by atoms with van der Waals surface area (Å²) in [5, 5.41) is 13.6. The average Bonchev–Trinajstić information content (AvgIpc) is 2.45. The van der Waals surface area contributed by atoms with Crippen LogP contribution in [0.3, 0.4) is 0 Å². The van der Waals surface area contributed by atoms with Gasteiger partial charge in [0, 0.05) is 6.54 Å². The fourth-order valence-corrected chi connectivity index (χ4v) is 1.45. The van der Waals surface area contributed by atoms with E-state index in [1.165, 1.54) is 0 Å². The normalized spacial score (nSPS) is 13.1. The molecule has 0 radical (unpaired) electrons.